The fraction of sp³-hybridized carbons (Fsp3) is 0.375. The van der Waals surface area contributed by atoms with E-state index in [-0.39, 0.29) is 12.3 Å². The summed E-state index contributed by atoms with van der Waals surface area (Å²) in [6, 6.07) is 7.99. The van der Waals surface area contributed by atoms with Crippen LogP contribution in [0.2, 0.25) is 0 Å². The molecule has 2 N–H and O–H groups in total. The highest BCUT2D eigenvalue weighted by atomic mass is 16.1. The van der Waals surface area contributed by atoms with Crippen LogP contribution in [0, 0.1) is 13.8 Å². The van der Waals surface area contributed by atoms with Gasteiger partial charge in [-0.2, -0.15) is 5.10 Å². The highest BCUT2D eigenvalue weighted by Gasteiger charge is 2.13. The van der Waals surface area contributed by atoms with Crippen molar-refractivity contribution in [2.24, 2.45) is 0 Å². The molecule has 106 valence electrons. The van der Waals surface area contributed by atoms with Gasteiger partial charge in [-0.3, -0.25) is 9.89 Å². The van der Waals surface area contributed by atoms with Gasteiger partial charge in [0.05, 0.1) is 12.1 Å². The Labute approximate surface area is 119 Å². The molecule has 1 heterocycles. The number of hydrogen-bond donors (Lipinski definition) is 2. The topological polar surface area (TPSA) is 57.8 Å². The van der Waals surface area contributed by atoms with E-state index in [9.17, 15) is 4.79 Å². The third-order valence-electron chi connectivity index (χ3n) is 3.29. The standard InChI is InChI=1S/C16H21N3O/c1-10(2)14-7-5-6-11(3)16(14)17-15(20)9-13-8-12(4)18-19-13/h5-8,10H,9H2,1-4H3,(H,17,20)(H,18,19). The number of para-hydroxylation sites is 1. The Morgan fingerprint density at radius 3 is 2.70 bits per heavy atom. The Hall–Kier alpha value is -2.10. The van der Waals surface area contributed by atoms with Gasteiger partial charge < -0.3 is 5.32 Å². The average Bonchev–Trinajstić information content (AvgIpc) is 2.77. The van der Waals surface area contributed by atoms with E-state index in [2.05, 4.69) is 35.4 Å². The number of aryl methyl sites for hydroxylation is 2. The molecule has 0 saturated heterocycles. The van der Waals surface area contributed by atoms with E-state index in [0.29, 0.717) is 5.92 Å². The average molecular weight is 271 g/mol. The second-order valence-electron chi connectivity index (χ2n) is 5.46. The lowest BCUT2D eigenvalue weighted by Gasteiger charge is -2.16. The molecule has 4 heteroatoms. The van der Waals surface area contributed by atoms with Crippen LogP contribution in [0.1, 0.15) is 42.3 Å². The summed E-state index contributed by atoms with van der Waals surface area (Å²) in [4.78, 5) is 12.2. The van der Waals surface area contributed by atoms with Gasteiger partial charge in [0, 0.05) is 11.4 Å². The van der Waals surface area contributed by atoms with Crippen LogP contribution in [-0.2, 0) is 11.2 Å². The normalized spacial score (nSPS) is 10.8. The number of hydrogen-bond acceptors (Lipinski definition) is 2. The summed E-state index contributed by atoms with van der Waals surface area (Å²) >= 11 is 0. The highest BCUT2D eigenvalue weighted by molar-refractivity contribution is 5.93. The summed E-state index contributed by atoms with van der Waals surface area (Å²) in [5.41, 5.74) is 4.91. The van der Waals surface area contributed by atoms with E-state index < -0.39 is 0 Å². The van der Waals surface area contributed by atoms with Gasteiger partial charge in [-0.25, -0.2) is 0 Å². The fourth-order valence-corrected chi connectivity index (χ4v) is 2.26. The quantitative estimate of drug-likeness (QED) is 0.896. The van der Waals surface area contributed by atoms with Gasteiger partial charge in [-0.1, -0.05) is 32.0 Å². The Bertz CT molecular complexity index is 614. The number of amides is 1. The van der Waals surface area contributed by atoms with Crippen LogP contribution >= 0.6 is 0 Å². The Morgan fingerprint density at radius 1 is 1.35 bits per heavy atom. The van der Waals surface area contributed by atoms with Gasteiger partial charge in [0.1, 0.15) is 0 Å². The van der Waals surface area contributed by atoms with Crippen molar-refractivity contribution < 1.29 is 4.79 Å². The number of nitrogens with zero attached hydrogens (tertiary/aromatic N) is 1. The van der Waals surface area contributed by atoms with Crippen LogP contribution in [0.15, 0.2) is 24.3 Å². The van der Waals surface area contributed by atoms with Crippen molar-refractivity contribution in [2.75, 3.05) is 5.32 Å². The number of carbonyl (C=O) groups is 1. The number of aromatic amines is 1. The number of anilines is 1. The number of H-pyrrole nitrogens is 1. The number of carbonyl (C=O) groups excluding carboxylic acids is 1. The Kier molecular flexibility index (Phi) is 4.23. The fourth-order valence-electron chi connectivity index (χ4n) is 2.26. The molecule has 1 aromatic heterocycles. The SMILES string of the molecule is Cc1cc(CC(=O)Nc2c(C)cccc2C(C)C)n[nH]1. The van der Waals surface area contributed by atoms with Crippen molar-refractivity contribution >= 4 is 11.6 Å². The Morgan fingerprint density at radius 2 is 2.10 bits per heavy atom. The maximum absolute atomic E-state index is 12.2. The molecule has 0 spiro atoms. The maximum atomic E-state index is 12.2. The van der Waals surface area contributed by atoms with Crippen molar-refractivity contribution in [1.29, 1.82) is 0 Å². The molecule has 0 saturated carbocycles. The molecule has 0 aliphatic heterocycles. The van der Waals surface area contributed by atoms with Crippen molar-refractivity contribution in [3.63, 3.8) is 0 Å². The summed E-state index contributed by atoms with van der Waals surface area (Å²) in [6.45, 7) is 8.19. The van der Waals surface area contributed by atoms with Crippen LogP contribution in [0.3, 0.4) is 0 Å². The summed E-state index contributed by atoms with van der Waals surface area (Å²) < 4.78 is 0. The molecule has 4 nitrogen and oxygen atoms in total. The molecule has 0 aliphatic rings. The number of nitrogens with one attached hydrogen (secondary N) is 2. The minimum absolute atomic E-state index is 0.0345. The van der Waals surface area contributed by atoms with Gasteiger partial charge in [0.2, 0.25) is 5.91 Å². The zero-order valence-corrected chi connectivity index (χ0v) is 12.4. The van der Waals surface area contributed by atoms with Crippen molar-refractivity contribution in [3.05, 3.63) is 46.8 Å². The first kappa shape index (κ1) is 14.3. The van der Waals surface area contributed by atoms with E-state index in [1.54, 1.807) is 0 Å². The van der Waals surface area contributed by atoms with E-state index in [1.165, 1.54) is 0 Å². The summed E-state index contributed by atoms with van der Waals surface area (Å²) in [5.74, 6) is 0.338. The van der Waals surface area contributed by atoms with Crippen LogP contribution < -0.4 is 5.32 Å². The van der Waals surface area contributed by atoms with E-state index in [4.69, 9.17) is 0 Å². The van der Waals surface area contributed by atoms with Crippen molar-refractivity contribution in [3.8, 4) is 0 Å². The van der Waals surface area contributed by atoms with Crippen molar-refractivity contribution in [2.45, 2.75) is 40.0 Å². The number of aromatic nitrogens is 2. The lowest BCUT2D eigenvalue weighted by Crippen LogP contribution is -2.17. The third-order valence-corrected chi connectivity index (χ3v) is 3.29. The predicted octanol–water partition coefficient (Wildman–Crippen LogP) is 3.33. The summed E-state index contributed by atoms with van der Waals surface area (Å²) in [5, 5.41) is 9.97. The predicted molar refractivity (Wildman–Crippen MR) is 80.9 cm³/mol. The highest BCUT2D eigenvalue weighted by Crippen LogP contribution is 2.27. The van der Waals surface area contributed by atoms with Crippen LogP contribution in [0.25, 0.3) is 0 Å². The first-order valence-corrected chi connectivity index (χ1v) is 6.87. The number of benzene rings is 1. The second kappa shape index (κ2) is 5.90. The smallest absolute Gasteiger partial charge is 0.230 e. The van der Waals surface area contributed by atoms with Gasteiger partial charge in [0.15, 0.2) is 0 Å². The number of rotatable bonds is 4. The molecule has 2 aromatic rings. The molecular weight excluding hydrogens is 250 g/mol. The zero-order chi connectivity index (χ0) is 14.7. The minimum Gasteiger partial charge on any atom is -0.325 e. The van der Waals surface area contributed by atoms with Gasteiger partial charge in [0.25, 0.3) is 0 Å². The lowest BCUT2D eigenvalue weighted by molar-refractivity contribution is -0.115. The van der Waals surface area contributed by atoms with E-state index in [1.807, 2.05) is 32.0 Å². The summed E-state index contributed by atoms with van der Waals surface area (Å²) in [6.07, 6.45) is 0.288. The molecule has 1 aromatic carbocycles. The monoisotopic (exact) mass is 271 g/mol. The summed E-state index contributed by atoms with van der Waals surface area (Å²) in [7, 11) is 0. The van der Waals surface area contributed by atoms with E-state index in [0.717, 1.165) is 28.2 Å². The van der Waals surface area contributed by atoms with Crippen LogP contribution in [-0.4, -0.2) is 16.1 Å². The van der Waals surface area contributed by atoms with Gasteiger partial charge in [-0.15, -0.1) is 0 Å². The first-order chi connectivity index (χ1) is 9.47. The largest absolute Gasteiger partial charge is 0.325 e. The molecule has 0 bridgehead atoms. The molecule has 20 heavy (non-hydrogen) atoms. The molecule has 0 atom stereocenters. The molecule has 0 aliphatic carbocycles. The molecule has 2 rings (SSSR count). The lowest BCUT2D eigenvalue weighted by atomic mass is 9.98. The van der Waals surface area contributed by atoms with Crippen LogP contribution in [0.5, 0.6) is 0 Å². The first-order valence-electron chi connectivity index (χ1n) is 6.87. The zero-order valence-electron chi connectivity index (χ0n) is 12.4. The Balaban J connectivity index is 2.15. The van der Waals surface area contributed by atoms with E-state index >= 15 is 0 Å². The van der Waals surface area contributed by atoms with Crippen LogP contribution in [0.4, 0.5) is 5.69 Å². The van der Waals surface area contributed by atoms with Gasteiger partial charge in [-0.05, 0) is 37.0 Å². The molecular formula is C16H21N3O. The maximum Gasteiger partial charge on any atom is 0.230 e. The molecule has 1 amide bonds. The molecule has 0 unspecified atom stereocenters. The van der Waals surface area contributed by atoms with Crippen molar-refractivity contribution in [1.82, 2.24) is 10.2 Å². The molecule has 0 fully saturated rings. The second-order valence-corrected chi connectivity index (χ2v) is 5.46. The molecule has 0 radical (unpaired) electrons. The third kappa shape index (κ3) is 3.26. The van der Waals surface area contributed by atoms with Gasteiger partial charge >= 0.3 is 0 Å². The minimum atomic E-state index is -0.0345.